The zero-order valence-corrected chi connectivity index (χ0v) is 17.9. The van der Waals surface area contributed by atoms with Gasteiger partial charge in [0, 0.05) is 12.7 Å². The van der Waals surface area contributed by atoms with Crippen LogP contribution in [0.1, 0.15) is 19.0 Å². The monoisotopic (exact) mass is 461 g/mol. The summed E-state index contributed by atoms with van der Waals surface area (Å²) >= 11 is 0. The smallest absolute Gasteiger partial charge is 0.390 e. The third kappa shape index (κ3) is 6.77. The molecule has 0 bridgehead atoms. The van der Waals surface area contributed by atoms with Crippen LogP contribution in [0, 0.1) is 6.92 Å². The van der Waals surface area contributed by atoms with Crippen molar-refractivity contribution in [3.05, 3.63) is 36.4 Å². The summed E-state index contributed by atoms with van der Waals surface area (Å²) in [6.45, 7) is 3.44. The molecule has 0 aliphatic rings. The lowest BCUT2D eigenvalue weighted by Crippen LogP contribution is -2.40. The Morgan fingerprint density at radius 1 is 1.35 bits per heavy atom. The molecule has 0 atom stereocenters. The molecule has 2 heterocycles. The zero-order valence-electron chi connectivity index (χ0n) is 17.1. The maximum Gasteiger partial charge on any atom is 0.390 e. The Hall–Kier alpha value is -2.96. The van der Waals surface area contributed by atoms with E-state index in [2.05, 4.69) is 20.1 Å². The Morgan fingerprint density at radius 3 is 2.61 bits per heavy atom. The van der Waals surface area contributed by atoms with Gasteiger partial charge in [-0.25, -0.2) is 13.1 Å². The number of anilines is 1. The summed E-state index contributed by atoms with van der Waals surface area (Å²) in [6.07, 6.45) is -1.42. The van der Waals surface area contributed by atoms with Crippen molar-refractivity contribution < 1.29 is 31.2 Å². The molecule has 0 aliphatic carbocycles. The van der Waals surface area contributed by atoms with Crippen LogP contribution < -0.4 is 4.90 Å². The molecule has 2 rings (SSSR count). The van der Waals surface area contributed by atoms with Gasteiger partial charge < -0.3 is 9.74 Å². The molecule has 31 heavy (non-hydrogen) atoms. The fraction of sp³-hybridized carbons (Fsp3) is 0.444. The summed E-state index contributed by atoms with van der Waals surface area (Å²) < 4.78 is 63.0. The van der Waals surface area contributed by atoms with Gasteiger partial charge in [-0.05, 0) is 26.0 Å². The van der Waals surface area contributed by atoms with E-state index in [1.165, 1.54) is 9.58 Å². The number of halogens is 3. The molecule has 0 spiro atoms. The minimum absolute atomic E-state index is 0.129. The van der Waals surface area contributed by atoms with Gasteiger partial charge in [-0.2, -0.15) is 18.3 Å². The summed E-state index contributed by atoms with van der Waals surface area (Å²) in [5.41, 5.74) is 0.963. The van der Waals surface area contributed by atoms with Gasteiger partial charge in [0.15, 0.2) is 15.5 Å². The maximum absolute atomic E-state index is 13.0. The lowest BCUT2D eigenvalue weighted by Gasteiger charge is -2.20. The SMILES string of the molecule is CCN(C(=O)/C(CS(=O)(=O)CCC(F)(F)F)=N\OC)c1cn(-c2cccnc2)nc1C. The molecule has 1 amide bonds. The molecule has 2 aromatic heterocycles. The second kappa shape index (κ2) is 9.90. The Bertz CT molecular complexity index is 1040. The topological polar surface area (TPSA) is 107 Å². The van der Waals surface area contributed by atoms with E-state index < -0.39 is 45.6 Å². The molecule has 0 aromatic carbocycles. The number of oxime groups is 1. The highest BCUT2D eigenvalue weighted by Crippen LogP contribution is 2.23. The van der Waals surface area contributed by atoms with Gasteiger partial charge in [0.2, 0.25) is 0 Å². The molecule has 0 saturated carbocycles. The maximum atomic E-state index is 13.0. The standard InChI is InChI=1S/C18H22F3N5O4S/c1-4-25(16-11-26(23-13(16)2)14-6-5-8-22-10-14)17(27)15(24-30-3)12-31(28,29)9-7-18(19,20)21/h5-6,8,10-11H,4,7,9,12H2,1-3H3/b24-15-. The van der Waals surface area contributed by atoms with Crippen molar-refractivity contribution in [1.82, 2.24) is 14.8 Å². The molecule has 13 heteroatoms. The van der Waals surface area contributed by atoms with Crippen LogP contribution in [-0.4, -0.2) is 66.1 Å². The predicted octanol–water partition coefficient (Wildman–Crippen LogP) is 2.30. The van der Waals surface area contributed by atoms with Crippen molar-refractivity contribution in [3.8, 4) is 5.69 Å². The second-order valence-corrected chi connectivity index (χ2v) is 8.67. The summed E-state index contributed by atoms with van der Waals surface area (Å²) in [5, 5.41) is 7.81. The van der Waals surface area contributed by atoms with Crippen molar-refractivity contribution in [2.75, 3.05) is 30.1 Å². The number of sulfone groups is 1. The van der Waals surface area contributed by atoms with Crippen LogP contribution in [0.2, 0.25) is 0 Å². The molecule has 2 aromatic rings. The number of alkyl halides is 3. The molecule has 0 N–H and O–H groups in total. The Labute approximate surface area is 177 Å². The van der Waals surface area contributed by atoms with Crippen LogP contribution in [0.3, 0.4) is 0 Å². The van der Waals surface area contributed by atoms with Gasteiger partial charge >= 0.3 is 6.18 Å². The first-order valence-electron chi connectivity index (χ1n) is 9.13. The average molecular weight is 461 g/mol. The van der Waals surface area contributed by atoms with Crippen LogP contribution in [0.5, 0.6) is 0 Å². The number of carbonyl (C=O) groups is 1. The van der Waals surface area contributed by atoms with E-state index in [9.17, 15) is 26.4 Å². The Balaban J connectivity index is 2.30. The van der Waals surface area contributed by atoms with E-state index >= 15 is 0 Å². The van der Waals surface area contributed by atoms with Gasteiger partial charge in [-0.1, -0.05) is 5.16 Å². The fourth-order valence-corrected chi connectivity index (χ4v) is 3.99. The summed E-state index contributed by atoms with van der Waals surface area (Å²) in [5.74, 6) is -2.95. The molecule has 0 unspecified atom stereocenters. The van der Waals surface area contributed by atoms with Crippen molar-refractivity contribution in [2.45, 2.75) is 26.4 Å². The van der Waals surface area contributed by atoms with Gasteiger partial charge in [0.1, 0.15) is 12.9 Å². The van der Waals surface area contributed by atoms with E-state index in [0.717, 1.165) is 7.11 Å². The third-order valence-electron chi connectivity index (χ3n) is 4.14. The van der Waals surface area contributed by atoms with E-state index in [0.29, 0.717) is 17.1 Å². The highest BCUT2D eigenvalue weighted by atomic mass is 32.2. The Morgan fingerprint density at radius 2 is 2.06 bits per heavy atom. The van der Waals surface area contributed by atoms with E-state index in [4.69, 9.17) is 0 Å². The molecule has 0 aliphatic heterocycles. The van der Waals surface area contributed by atoms with Gasteiger partial charge in [-0.3, -0.25) is 9.78 Å². The lowest BCUT2D eigenvalue weighted by molar-refractivity contribution is -0.129. The molecular weight excluding hydrogens is 439 g/mol. The number of pyridine rings is 1. The minimum atomic E-state index is -4.64. The lowest BCUT2D eigenvalue weighted by atomic mass is 10.3. The number of aryl methyl sites for hydroxylation is 1. The van der Waals surface area contributed by atoms with Crippen LogP contribution in [0.25, 0.3) is 5.69 Å². The number of hydrogen-bond acceptors (Lipinski definition) is 7. The number of nitrogens with zero attached hydrogens (tertiary/aromatic N) is 5. The van der Waals surface area contributed by atoms with Crippen LogP contribution in [0.4, 0.5) is 18.9 Å². The van der Waals surface area contributed by atoms with E-state index in [-0.39, 0.29) is 6.54 Å². The normalized spacial score (nSPS) is 12.6. The predicted molar refractivity (Wildman–Crippen MR) is 108 cm³/mol. The summed E-state index contributed by atoms with van der Waals surface area (Å²) in [7, 11) is -3.15. The zero-order chi connectivity index (χ0) is 23.2. The molecule has 170 valence electrons. The van der Waals surface area contributed by atoms with Crippen molar-refractivity contribution >= 4 is 27.1 Å². The number of aromatic nitrogens is 3. The van der Waals surface area contributed by atoms with E-state index in [1.54, 1.807) is 44.6 Å². The van der Waals surface area contributed by atoms with Crippen molar-refractivity contribution in [2.24, 2.45) is 5.16 Å². The summed E-state index contributed by atoms with van der Waals surface area (Å²) in [4.78, 5) is 22.8. The largest absolute Gasteiger partial charge is 0.399 e. The highest BCUT2D eigenvalue weighted by molar-refractivity contribution is 7.92. The van der Waals surface area contributed by atoms with Crippen LogP contribution in [-0.2, 0) is 19.5 Å². The number of hydrogen-bond donors (Lipinski definition) is 0. The first-order chi connectivity index (χ1) is 14.5. The molecular formula is C18H22F3N5O4S. The third-order valence-corrected chi connectivity index (χ3v) is 5.68. The van der Waals surface area contributed by atoms with Crippen LogP contribution >= 0.6 is 0 Å². The van der Waals surface area contributed by atoms with Gasteiger partial charge in [0.05, 0.1) is 41.6 Å². The van der Waals surface area contributed by atoms with Crippen molar-refractivity contribution in [1.29, 1.82) is 0 Å². The van der Waals surface area contributed by atoms with Crippen LogP contribution in [0.15, 0.2) is 35.9 Å². The molecule has 0 radical (unpaired) electrons. The number of amides is 1. The Kier molecular flexibility index (Phi) is 7.76. The minimum Gasteiger partial charge on any atom is -0.399 e. The number of carbonyl (C=O) groups excluding carboxylic acids is 1. The van der Waals surface area contributed by atoms with Gasteiger partial charge in [-0.15, -0.1) is 0 Å². The second-order valence-electron chi connectivity index (χ2n) is 6.48. The quantitative estimate of drug-likeness (QED) is 0.419. The summed E-state index contributed by atoms with van der Waals surface area (Å²) in [6, 6.07) is 3.47. The molecule has 0 fully saturated rings. The van der Waals surface area contributed by atoms with E-state index in [1.807, 2.05) is 0 Å². The van der Waals surface area contributed by atoms with Crippen molar-refractivity contribution in [3.63, 3.8) is 0 Å². The van der Waals surface area contributed by atoms with Gasteiger partial charge in [0.25, 0.3) is 5.91 Å². The molecule has 0 saturated heterocycles. The highest BCUT2D eigenvalue weighted by Gasteiger charge is 2.33. The molecule has 9 nitrogen and oxygen atoms in total. The first kappa shape index (κ1) is 24.3. The first-order valence-corrected chi connectivity index (χ1v) is 10.9. The fourth-order valence-electron chi connectivity index (χ4n) is 2.71. The average Bonchev–Trinajstić information content (AvgIpc) is 3.08. The number of rotatable bonds is 9.